The molecule has 0 bridgehead atoms. The predicted molar refractivity (Wildman–Crippen MR) is 87.3 cm³/mol. The Morgan fingerprint density at radius 1 is 1.24 bits per heavy atom. The molecule has 0 aromatic heterocycles. The van der Waals surface area contributed by atoms with Crippen LogP contribution in [0.2, 0.25) is 0 Å². The van der Waals surface area contributed by atoms with Crippen LogP contribution in [-0.4, -0.2) is 19.2 Å². The molecule has 21 heavy (non-hydrogen) atoms. The van der Waals surface area contributed by atoms with E-state index in [-0.39, 0.29) is 0 Å². The third-order valence-electron chi connectivity index (χ3n) is 4.83. The van der Waals surface area contributed by atoms with Crippen molar-refractivity contribution >= 4 is 0 Å². The quantitative estimate of drug-likeness (QED) is 0.887. The van der Waals surface area contributed by atoms with Crippen LogP contribution < -0.4 is 5.32 Å². The maximum Gasteiger partial charge on any atom is 0.0876 e. The highest BCUT2D eigenvalue weighted by atomic mass is 16.5. The molecule has 0 radical (unpaired) electrons. The second-order valence-electron chi connectivity index (χ2n) is 6.37. The Hall–Kier alpha value is -1.28. The Labute approximate surface area is 128 Å². The number of rotatable bonds is 5. The van der Waals surface area contributed by atoms with E-state index in [4.69, 9.17) is 4.74 Å². The lowest BCUT2D eigenvalue weighted by Gasteiger charge is -2.34. The first-order valence-corrected chi connectivity index (χ1v) is 8.49. The average molecular weight is 285 g/mol. The molecule has 3 rings (SSSR count). The monoisotopic (exact) mass is 285 g/mol. The highest BCUT2D eigenvalue weighted by molar-refractivity contribution is 5.31. The molecule has 2 heteroatoms. The van der Waals surface area contributed by atoms with Gasteiger partial charge < -0.3 is 10.1 Å². The SMILES string of the molecule is CCCNC(C1=COCCC1)C1CCc2ccccc2C1. The van der Waals surface area contributed by atoms with Gasteiger partial charge in [0.25, 0.3) is 0 Å². The van der Waals surface area contributed by atoms with Gasteiger partial charge in [-0.15, -0.1) is 0 Å². The number of nitrogens with one attached hydrogen (secondary N) is 1. The Bertz CT molecular complexity index is 494. The average Bonchev–Trinajstić information content (AvgIpc) is 2.56. The normalized spacial score (nSPS) is 22.9. The lowest BCUT2D eigenvalue weighted by molar-refractivity contribution is 0.211. The van der Waals surface area contributed by atoms with Gasteiger partial charge in [-0.2, -0.15) is 0 Å². The van der Waals surface area contributed by atoms with Gasteiger partial charge >= 0.3 is 0 Å². The van der Waals surface area contributed by atoms with E-state index in [1.54, 1.807) is 11.1 Å². The van der Waals surface area contributed by atoms with E-state index < -0.39 is 0 Å². The van der Waals surface area contributed by atoms with Gasteiger partial charge in [0, 0.05) is 6.04 Å². The molecule has 0 saturated carbocycles. The maximum absolute atomic E-state index is 5.60. The summed E-state index contributed by atoms with van der Waals surface area (Å²) in [5, 5.41) is 3.79. The van der Waals surface area contributed by atoms with Gasteiger partial charge in [0.05, 0.1) is 12.9 Å². The molecule has 0 fully saturated rings. The van der Waals surface area contributed by atoms with Crippen molar-refractivity contribution in [1.82, 2.24) is 5.32 Å². The number of benzene rings is 1. The zero-order valence-electron chi connectivity index (χ0n) is 13.1. The van der Waals surface area contributed by atoms with Gasteiger partial charge in [-0.1, -0.05) is 31.2 Å². The van der Waals surface area contributed by atoms with E-state index in [1.165, 1.54) is 44.1 Å². The first-order valence-electron chi connectivity index (χ1n) is 8.49. The fraction of sp³-hybridized carbons (Fsp3) is 0.579. The van der Waals surface area contributed by atoms with Crippen molar-refractivity contribution in [2.24, 2.45) is 5.92 Å². The van der Waals surface area contributed by atoms with E-state index in [2.05, 4.69) is 36.5 Å². The zero-order chi connectivity index (χ0) is 14.5. The van der Waals surface area contributed by atoms with Crippen molar-refractivity contribution < 1.29 is 4.74 Å². The maximum atomic E-state index is 5.60. The second kappa shape index (κ2) is 7.13. The molecule has 1 aliphatic heterocycles. The van der Waals surface area contributed by atoms with Crippen molar-refractivity contribution in [1.29, 1.82) is 0 Å². The minimum absolute atomic E-state index is 0.499. The Morgan fingerprint density at radius 3 is 2.86 bits per heavy atom. The van der Waals surface area contributed by atoms with Crippen molar-refractivity contribution in [3.05, 3.63) is 47.2 Å². The third-order valence-corrected chi connectivity index (χ3v) is 4.83. The van der Waals surface area contributed by atoms with Gasteiger partial charge in [-0.3, -0.25) is 0 Å². The molecular weight excluding hydrogens is 258 g/mol. The summed E-state index contributed by atoms with van der Waals surface area (Å²) in [4.78, 5) is 0. The molecule has 1 N–H and O–H groups in total. The van der Waals surface area contributed by atoms with E-state index in [1.807, 2.05) is 6.26 Å². The van der Waals surface area contributed by atoms with Crippen LogP contribution in [0.15, 0.2) is 36.1 Å². The van der Waals surface area contributed by atoms with Crippen LogP contribution in [0.3, 0.4) is 0 Å². The van der Waals surface area contributed by atoms with Gasteiger partial charge in [-0.25, -0.2) is 0 Å². The van der Waals surface area contributed by atoms with E-state index in [0.717, 1.165) is 13.2 Å². The van der Waals surface area contributed by atoms with Gasteiger partial charge in [0.1, 0.15) is 0 Å². The Kier molecular flexibility index (Phi) is 4.97. The summed E-state index contributed by atoms with van der Waals surface area (Å²) < 4.78 is 5.60. The lowest BCUT2D eigenvalue weighted by atomic mass is 9.77. The molecule has 1 heterocycles. The van der Waals surface area contributed by atoms with Crippen molar-refractivity contribution in [2.45, 2.75) is 51.5 Å². The van der Waals surface area contributed by atoms with Crippen molar-refractivity contribution in [2.75, 3.05) is 13.2 Å². The molecule has 1 aromatic carbocycles. The minimum Gasteiger partial charge on any atom is -0.501 e. The summed E-state index contributed by atoms with van der Waals surface area (Å²) in [5.74, 6) is 0.708. The largest absolute Gasteiger partial charge is 0.501 e. The minimum atomic E-state index is 0.499. The van der Waals surface area contributed by atoms with Crippen molar-refractivity contribution in [3.8, 4) is 0 Å². The van der Waals surface area contributed by atoms with Crippen LogP contribution in [0.5, 0.6) is 0 Å². The number of fused-ring (bicyclic) bond motifs is 1. The van der Waals surface area contributed by atoms with E-state index in [9.17, 15) is 0 Å². The molecule has 0 spiro atoms. The predicted octanol–water partition coefficient (Wildman–Crippen LogP) is 3.85. The number of hydrogen-bond acceptors (Lipinski definition) is 2. The molecule has 2 atom stereocenters. The van der Waals surface area contributed by atoms with Gasteiger partial charge in [0.15, 0.2) is 0 Å². The van der Waals surface area contributed by atoms with Gasteiger partial charge in [-0.05, 0) is 67.7 Å². The van der Waals surface area contributed by atoms with E-state index in [0.29, 0.717) is 12.0 Å². The van der Waals surface area contributed by atoms with E-state index >= 15 is 0 Å². The Balaban J connectivity index is 1.76. The van der Waals surface area contributed by atoms with Crippen LogP contribution in [0.25, 0.3) is 0 Å². The molecule has 1 aliphatic carbocycles. The molecule has 2 nitrogen and oxygen atoms in total. The highest BCUT2D eigenvalue weighted by Crippen LogP contribution is 2.32. The smallest absolute Gasteiger partial charge is 0.0876 e. The molecule has 2 unspecified atom stereocenters. The van der Waals surface area contributed by atoms with Gasteiger partial charge in [0.2, 0.25) is 0 Å². The summed E-state index contributed by atoms with van der Waals surface area (Å²) in [6, 6.07) is 9.45. The Morgan fingerprint density at radius 2 is 2.10 bits per heavy atom. The van der Waals surface area contributed by atoms with Crippen LogP contribution >= 0.6 is 0 Å². The summed E-state index contributed by atoms with van der Waals surface area (Å²) >= 11 is 0. The van der Waals surface area contributed by atoms with Crippen molar-refractivity contribution in [3.63, 3.8) is 0 Å². The molecule has 114 valence electrons. The summed E-state index contributed by atoms with van der Waals surface area (Å²) in [6.07, 6.45) is 9.30. The molecule has 0 amide bonds. The van der Waals surface area contributed by atoms with Crippen LogP contribution in [0.1, 0.15) is 43.7 Å². The number of ether oxygens (including phenoxy) is 1. The fourth-order valence-electron chi connectivity index (χ4n) is 3.72. The highest BCUT2D eigenvalue weighted by Gasteiger charge is 2.29. The third kappa shape index (κ3) is 3.49. The standard InChI is InChI=1S/C19H27NO/c1-2-11-20-19(18-8-5-12-21-14-18)17-10-9-15-6-3-4-7-16(15)13-17/h3-4,6-7,14,17,19-20H,2,5,8-13H2,1H3. The van der Waals surface area contributed by atoms with Crippen LogP contribution in [0, 0.1) is 5.92 Å². The topological polar surface area (TPSA) is 21.3 Å². The molecule has 2 aliphatic rings. The number of hydrogen-bond donors (Lipinski definition) is 1. The van der Waals surface area contributed by atoms with Crippen LogP contribution in [-0.2, 0) is 17.6 Å². The van der Waals surface area contributed by atoms with Crippen LogP contribution in [0.4, 0.5) is 0 Å². The summed E-state index contributed by atoms with van der Waals surface area (Å²) in [6.45, 7) is 4.23. The second-order valence-corrected chi connectivity index (χ2v) is 6.37. The molecule has 0 saturated heterocycles. The summed E-state index contributed by atoms with van der Waals surface area (Å²) in [7, 11) is 0. The molecular formula is C19H27NO. The fourth-order valence-corrected chi connectivity index (χ4v) is 3.72. The zero-order valence-corrected chi connectivity index (χ0v) is 13.1. The first kappa shape index (κ1) is 14.6. The lowest BCUT2D eigenvalue weighted by Crippen LogP contribution is -2.41. The first-order chi connectivity index (χ1) is 10.4. The molecule has 1 aromatic rings. The summed E-state index contributed by atoms with van der Waals surface area (Å²) in [5.41, 5.74) is 4.59. The number of aryl methyl sites for hydroxylation is 1.